The summed E-state index contributed by atoms with van der Waals surface area (Å²) in [6, 6.07) is 0. The number of quaternary nitrogens is 1. The number of hydrogen-bond donors (Lipinski definition) is 1. The fourth-order valence-electron chi connectivity index (χ4n) is 5.27. The van der Waals surface area contributed by atoms with Crippen molar-refractivity contribution in [3.8, 4) is 0 Å². The third-order valence-electron chi connectivity index (χ3n) is 8.56. The lowest BCUT2D eigenvalue weighted by Crippen LogP contribution is -2.37. The minimum absolute atomic E-state index is 0.0245. The summed E-state index contributed by atoms with van der Waals surface area (Å²) in [7, 11) is 1.45. The fourth-order valence-corrected chi connectivity index (χ4v) is 6.02. The molecule has 0 radical (unpaired) electrons. The van der Waals surface area contributed by atoms with Crippen LogP contribution in [0.5, 0.6) is 0 Å². The second-order valence-corrected chi connectivity index (χ2v) is 16.5. The first kappa shape index (κ1) is 51.7. The smallest absolute Gasteiger partial charge is 0.462 e. The van der Waals surface area contributed by atoms with E-state index in [0.717, 1.165) is 64.2 Å². The van der Waals surface area contributed by atoms with Crippen LogP contribution in [0, 0.1) is 0 Å². The predicted molar refractivity (Wildman–Crippen MR) is 224 cm³/mol. The van der Waals surface area contributed by atoms with Gasteiger partial charge in [0.2, 0.25) is 0 Å². The van der Waals surface area contributed by atoms with Crippen molar-refractivity contribution < 1.29 is 42.1 Å². The van der Waals surface area contributed by atoms with Gasteiger partial charge in [-0.25, -0.2) is 4.57 Å². The largest absolute Gasteiger partial charge is 0.472 e. The van der Waals surface area contributed by atoms with Gasteiger partial charge in [0.1, 0.15) is 19.8 Å². The van der Waals surface area contributed by atoms with Gasteiger partial charge in [0.05, 0.1) is 27.7 Å². The van der Waals surface area contributed by atoms with Gasteiger partial charge in [0.15, 0.2) is 6.10 Å². The number of carbonyl (C=O) groups is 2. The number of ether oxygens (including phenoxy) is 2. The molecule has 0 heterocycles. The van der Waals surface area contributed by atoms with Crippen LogP contribution in [-0.4, -0.2) is 74.9 Å². The number of esters is 2. The first-order chi connectivity index (χ1) is 26.0. The normalized spacial score (nSPS) is 14.3. The van der Waals surface area contributed by atoms with Crippen molar-refractivity contribution in [2.45, 2.75) is 161 Å². The van der Waals surface area contributed by atoms with Crippen LogP contribution in [0.15, 0.2) is 60.8 Å². The van der Waals surface area contributed by atoms with Crippen LogP contribution < -0.4 is 0 Å². The van der Waals surface area contributed by atoms with Crippen molar-refractivity contribution >= 4 is 19.8 Å². The van der Waals surface area contributed by atoms with E-state index in [1.165, 1.54) is 51.4 Å². The standard InChI is InChI=1S/C44H78NO8P/c1-6-8-10-12-14-16-18-19-20-21-22-23-24-25-27-28-30-32-34-36-43(46)50-40-42(41-52-54(48,49)51-39-38-45(3,4)5)53-44(47)37-35-33-31-29-26-17-15-13-11-9-7-2/h8,10,14,16,19-20,22-23,25,27,42H,6-7,9,11-13,15,17-18,21,24,26,28-41H2,1-5H3/p+1/b10-8+,16-14+,20-19+,23-22+,27-25+/t42-/m0/s1. The molecule has 0 aromatic rings. The highest BCUT2D eigenvalue weighted by molar-refractivity contribution is 7.47. The predicted octanol–water partition coefficient (Wildman–Crippen LogP) is 11.7. The molecule has 2 atom stereocenters. The van der Waals surface area contributed by atoms with E-state index in [-0.39, 0.29) is 26.1 Å². The Balaban J connectivity index is 4.42. The Bertz CT molecular complexity index is 1110. The van der Waals surface area contributed by atoms with Crippen LogP contribution in [-0.2, 0) is 32.7 Å². The lowest BCUT2D eigenvalue weighted by Gasteiger charge is -2.24. The van der Waals surface area contributed by atoms with Gasteiger partial charge in [-0.3, -0.25) is 18.6 Å². The molecule has 0 rings (SSSR count). The quantitative estimate of drug-likeness (QED) is 0.0218. The Morgan fingerprint density at radius 1 is 0.593 bits per heavy atom. The summed E-state index contributed by atoms with van der Waals surface area (Å²) in [4.78, 5) is 35.3. The highest BCUT2D eigenvalue weighted by Crippen LogP contribution is 2.43. The summed E-state index contributed by atoms with van der Waals surface area (Å²) in [5.41, 5.74) is 0. The summed E-state index contributed by atoms with van der Waals surface area (Å²) in [5.74, 6) is -0.841. The molecule has 0 saturated heterocycles. The Morgan fingerprint density at radius 2 is 1.06 bits per heavy atom. The zero-order valence-corrected chi connectivity index (χ0v) is 35.8. The summed E-state index contributed by atoms with van der Waals surface area (Å²) < 4.78 is 34.2. The molecule has 54 heavy (non-hydrogen) atoms. The number of carbonyl (C=O) groups excluding carboxylic acids is 2. The Labute approximate surface area is 330 Å². The third kappa shape index (κ3) is 39.4. The topological polar surface area (TPSA) is 108 Å². The molecule has 0 aliphatic carbocycles. The number of hydrogen-bond acceptors (Lipinski definition) is 7. The van der Waals surface area contributed by atoms with E-state index in [1.807, 2.05) is 21.1 Å². The number of likely N-dealkylation sites (N-methyl/N-ethyl adjacent to an activating group) is 1. The lowest BCUT2D eigenvalue weighted by molar-refractivity contribution is -0.870. The Kier molecular flexibility index (Phi) is 34.8. The molecule has 0 fully saturated rings. The second kappa shape index (κ2) is 36.4. The Morgan fingerprint density at radius 3 is 1.57 bits per heavy atom. The molecule has 9 nitrogen and oxygen atoms in total. The van der Waals surface area contributed by atoms with Crippen molar-refractivity contribution in [3.05, 3.63) is 60.8 Å². The molecule has 0 aliphatic heterocycles. The number of phosphoric ester groups is 1. The number of rotatable bonds is 37. The number of phosphoric acid groups is 1. The first-order valence-corrected chi connectivity index (χ1v) is 22.5. The van der Waals surface area contributed by atoms with Crippen LogP contribution in [0.3, 0.4) is 0 Å². The molecule has 1 unspecified atom stereocenters. The molecule has 0 spiro atoms. The van der Waals surface area contributed by atoms with Gasteiger partial charge in [-0.15, -0.1) is 0 Å². The SMILES string of the molecule is CC/C=C/C/C=C/C/C=C/C/C=C/C/C=C/CCCCCC(=O)OC[C@@H](COP(=O)(O)OCC[N+](C)(C)C)OC(=O)CCCCCCCCCCCCC. The maximum Gasteiger partial charge on any atom is 0.472 e. The molecule has 0 amide bonds. The van der Waals surface area contributed by atoms with Crippen molar-refractivity contribution in [3.63, 3.8) is 0 Å². The lowest BCUT2D eigenvalue weighted by atomic mass is 10.1. The number of nitrogens with zero attached hydrogens (tertiary/aromatic N) is 1. The van der Waals surface area contributed by atoms with Crippen LogP contribution in [0.4, 0.5) is 0 Å². The summed E-state index contributed by atoms with van der Waals surface area (Å²) in [6.07, 6.45) is 42.7. The van der Waals surface area contributed by atoms with Gasteiger partial charge < -0.3 is 18.9 Å². The highest BCUT2D eigenvalue weighted by Gasteiger charge is 2.27. The van der Waals surface area contributed by atoms with Gasteiger partial charge in [0.25, 0.3) is 0 Å². The van der Waals surface area contributed by atoms with Gasteiger partial charge in [-0.2, -0.15) is 0 Å². The minimum Gasteiger partial charge on any atom is -0.462 e. The summed E-state index contributed by atoms with van der Waals surface area (Å²) in [5, 5.41) is 0. The second-order valence-electron chi connectivity index (χ2n) is 15.0. The monoisotopic (exact) mass is 781 g/mol. The molecule has 10 heteroatoms. The average Bonchev–Trinajstić information content (AvgIpc) is 3.12. The van der Waals surface area contributed by atoms with Gasteiger partial charge in [0, 0.05) is 12.8 Å². The van der Waals surface area contributed by atoms with Gasteiger partial charge in [-0.1, -0.05) is 145 Å². The molecule has 0 aromatic carbocycles. The van der Waals surface area contributed by atoms with Crippen LogP contribution in [0.2, 0.25) is 0 Å². The van der Waals surface area contributed by atoms with E-state index in [4.69, 9.17) is 18.5 Å². The first-order valence-electron chi connectivity index (χ1n) is 21.0. The van der Waals surface area contributed by atoms with Gasteiger partial charge in [-0.05, 0) is 57.8 Å². The molecule has 0 aromatic heterocycles. The molecule has 0 aliphatic rings. The van der Waals surface area contributed by atoms with E-state index in [0.29, 0.717) is 23.9 Å². The third-order valence-corrected chi connectivity index (χ3v) is 9.55. The van der Waals surface area contributed by atoms with Crippen molar-refractivity contribution in [1.29, 1.82) is 0 Å². The van der Waals surface area contributed by atoms with Crippen LogP contribution in [0.25, 0.3) is 0 Å². The molecule has 0 bridgehead atoms. The summed E-state index contributed by atoms with van der Waals surface area (Å²) >= 11 is 0. The van der Waals surface area contributed by atoms with E-state index in [1.54, 1.807) is 0 Å². The van der Waals surface area contributed by atoms with Crippen molar-refractivity contribution in [1.82, 2.24) is 0 Å². The number of allylic oxidation sites excluding steroid dienone is 10. The average molecular weight is 781 g/mol. The van der Waals surface area contributed by atoms with E-state index in [2.05, 4.69) is 74.6 Å². The van der Waals surface area contributed by atoms with E-state index < -0.39 is 32.5 Å². The molecule has 0 saturated carbocycles. The van der Waals surface area contributed by atoms with Crippen molar-refractivity contribution in [2.75, 3.05) is 47.5 Å². The zero-order valence-electron chi connectivity index (χ0n) is 34.9. The highest BCUT2D eigenvalue weighted by atomic mass is 31.2. The molecular formula is C44H79NO8P+. The van der Waals surface area contributed by atoms with Crippen LogP contribution in [0.1, 0.15) is 155 Å². The minimum atomic E-state index is -4.38. The summed E-state index contributed by atoms with van der Waals surface area (Å²) in [6.45, 7) is 4.24. The van der Waals surface area contributed by atoms with E-state index in [9.17, 15) is 19.0 Å². The van der Waals surface area contributed by atoms with Gasteiger partial charge >= 0.3 is 19.8 Å². The molecular weight excluding hydrogens is 701 g/mol. The zero-order chi connectivity index (χ0) is 40.0. The fraction of sp³-hybridized carbons (Fsp3) is 0.727. The van der Waals surface area contributed by atoms with Crippen molar-refractivity contribution in [2.24, 2.45) is 0 Å². The Hall–Kier alpha value is -2.29. The number of unbranched alkanes of at least 4 members (excludes halogenated alkanes) is 13. The maximum absolute atomic E-state index is 12.6. The van der Waals surface area contributed by atoms with E-state index >= 15 is 0 Å². The van der Waals surface area contributed by atoms with Crippen LogP contribution >= 0.6 is 7.82 Å². The molecule has 1 N–H and O–H groups in total. The molecule has 312 valence electrons. The maximum atomic E-state index is 12.6.